The Morgan fingerprint density at radius 3 is 2.72 bits per heavy atom. The smallest absolute Gasteiger partial charge is 0.311 e. The van der Waals surface area contributed by atoms with Gasteiger partial charge in [0, 0.05) is 25.1 Å². The number of ether oxygens (including phenoxy) is 1. The van der Waals surface area contributed by atoms with E-state index in [0.717, 1.165) is 5.56 Å². The minimum atomic E-state index is -0.506. The normalized spacial score (nSPS) is 10.3. The van der Waals surface area contributed by atoms with Crippen LogP contribution in [0.2, 0.25) is 0 Å². The molecule has 2 rings (SSSR count). The van der Waals surface area contributed by atoms with Gasteiger partial charge >= 0.3 is 5.69 Å². The molecule has 1 aromatic carbocycles. The largest absolute Gasteiger partial charge is 0.490 e. The summed E-state index contributed by atoms with van der Waals surface area (Å²) in [5, 5.41) is 13.7. The minimum absolute atomic E-state index is 0.0942. The molecule has 29 heavy (non-hydrogen) atoms. The molecule has 0 unspecified atom stereocenters. The summed E-state index contributed by atoms with van der Waals surface area (Å²) in [5.74, 6) is 0.635. The lowest BCUT2D eigenvalue weighted by Gasteiger charge is -2.16. The molecule has 1 N–H and O–H groups in total. The van der Waals surface area contributed by atoms with E-state index in [9.17, 15) is 19.7 Å². The topological polar surface area (TPSA) is 115 Å². The number of nitrogens with one attached hydrogen (secondary N) is 1. The average Bonchev–Trinajstić information content (AvgIpc) is 2.67. The molecule has 0 atom stereocenters. The Labute approximate surface area is 172 Å². The number of hydrogen-bond acceptors (Lipinski definition) is 7. The Morgan fingerprint density at radius 1 is 1.31 bits per heavy atom. The molecule has 1 aromatic heterocycles. The van der Waals surface area contributed by atoms with E-state index in [4.69, 9.17) is 4.74 Å². The maximum absolute atomic E-state index is 12.2. The first-order valence-corrected chi connectivity index (χ1v) is 9.81. The molecule has 0 aliphatic carbocycles. The number of carbonyl (C=O) groups excluding carboxylic acids is 2. The van der Waals surface area contributed by atoms with E-state index in [0.29, 0.717) is 17.1 Å². The second-order valence-corrected chi connectivity index (χ2v) is 7.26. The van der Waals surface area contributed by atoms with Crippen LogP contribution in [-0.4, -0.2) is 53.1 Å². The van der Waals surface area contributed by atoms with Gasteiger partial charge in [-0.15, -0.1) is 11.8 Å². The second kappa shape index (κ2) is 10.4. The van der Waals surface area contributed by atoms with Crippen molar-refractivity contribution in [2.45, 2.75) is 12.7 Å². The monoisotopic (exact) mass is 418 g/mol. The number of nitro benzene ring substituents is 1. The van der Waals surface area contributed by atoms with E-state index in [1.165, 1.54) is 35.9 Å². The van der Waals surface area contributed by atoms with E-state index in [1.54, 1.807) is 25.4 Å². The SMILES string of the molecule is COc1ccc(CSCC(=O)N(C)CC(=O)Nc2cc(C)ccn2)cc1[N+](=O)[O-]. The average molecular weight is 418 g/mol. The first-order valence-electron chi connectivity index (χ1n) is 8.65. The van der Waals surface area contributed by atoms with Gasteiger partial charge in [0.2, 0.25) is 11.8 Å². The zero-order valence-electron chi connectivity index (χ0n) is 16.4. The summed E-state index contributed by atoms with van der Waals surface area (Å²) in [6.07, 6.45) is 1.60. The summed E-state index contributed by atoms with van der Waals surface area (Å²) in [4.78, 5) is 40.2. The molecule has 154 valence electrons. The van der Waals surface area contributed by atoms with Crippen molar-refractivity contribution < 1.29 is 19.2 Å². The number of amides is 2. The molecule has 1 heterocycles. The fraction of sp³-hybridized carbons (Fsp3) is 0.316. The number of rotatable bonds is 9. The highest BCUT2D eigenvalue weighted by Crippen LogP contribution is 2.29. The number of nitro groups is 1. The van der Waals surface area contributed by atoms with Gasteiger partial charge in [0.15, 0.2) is 5.75 Å². The zero-order chi connectivity index (χ0) is 21.4. The zero-order valence-corrected chi connectivity index (χ0v) is 17.2. The molecule has 10 heteroatoms. The molecule has 9 nitrogen and oxygen atoms in total. The Morgan fingerprint density at radius 2 is 2.07 bits per heavy atom. The second-order valence-electron chi connectivity index (χ2n) is 6.27. The summed E-state index contributed by atoms with van der Waals surface area (Å²) >= 11 is 1.31. The van der Waals surface area contributed by atoms with E-state index >= 15 is 0 Å². The summed E-state index contributed by atoms with van der Waals surface area (Å²) < 4.78 is 4.97. The molecule has 2 aromatic rings. The summed E-state index contributed by atoms with van der Waals surface area (Å²) in [7, 11) is 2.92. The van der Waals surface area contributed by atoms with Crippen molar-refractivity contribution in [1.82, 2.24) is 9.88 Å². The van der Waals surface area contributed by atoms with Crippen molar-refractivity contribution in [2.24, 2.45) is 0 Å². The lowest BCUT2D eigenvalue weighted by atomic mass is 10.2. The molecule has 0 saturated heterocycles. The van der Waals surface area contributed by atoms with Crippen LogP contribution < -0.4 is 10.1 Å². The lowest BCUT2D eigenvalue weighted by Crippen LogP contribution is -2.36. The Kier molecular flexibility index (Phi) is 7.96. The number of hydrogen-bond donors (Lipinski definition) is 1. The van der Waals surface area contributed by atoms with Crippen LogP contribution in [0.4, 0.5) is 11.5 Å². The van der Waals surface area contributed by atoms with Crippen molar-refractivity contribution in [2.75, 3.05) is 31.8 Å². The van der Waals surface area contributed by atoms with Crippen LogP contribution in [0.25, 0.3) is 0 Å². The van der Waals surface area contributed by atoms with Crippen molar-refractivity contribution in [3.63, 3.8) is 0 Å². The summed E-state index contributed by atoms with van der Waals surface area (Å²) in [6.45, 7) is 1.80. The maximum atomic E-state index is 12.2. The van der Waals surface area contributed by atoms with Crippen molar-refractivity contribution >= 4 is 35.1 Å². The maximum Gasteiger partial charge on any atom is 0.311 e. The third-order valence-electron chi connectivity index (χ3n) is 3.92. The molecule has 0 bridgehead atoms. The number of thioether (sulfide) groups is 1. The van der Waals surface area contributed by atoms with Gasteiger partial charge in [-0.25, -0.2) is 4.98 Å². The van der Waals surface area contributed by atoms with E-state index < -0.39 is 4.92 Å². The lowest BCUT2D eigenvalue weighted by molar-refractivity contribution is -0.385. The van der Waals surface area contributed by atoms with Gasteiger partial charge in [0.1, 0.15) is 5.82 Å². The fourth-order valence-electron chi connectivity index (χ4n) is 2.42. The van der Waals surface area contributed by atoms with E-state index in [1.807, 2.05) is 13.0 Å². The van der Waals surface area contributed by atoms with Crippen LogP contribution >= 0.6 is 11.8 Å². The Bertz CT molecular complexity index is 906. The highest BCUT2D eigenvalue weighted by molar-refractivity contribution is 7.99. The molecule has 0 spiro atoms. The summed E-state index contributed by atoms with van der Waals surface area (Å²) in [6, 6.07) is 8.24. The predicted molar refractivity (Wildman–Crippen MR) is 111 cm³/mol. The number of anilines is 1. The minimum Gasteiger partial charge on any atom is -0.490 e. The van der Waals surface area contributed by atoms with Gasteiger partial charge < -0.3 is 15.0 Å². The van der Waals surface area contributed by atoms with E-state index in [2.05, 4.69) is 10.3 Å². The predicted octanol–water partition coefficient (Wildman–Crippen LogP) is 2.64. The van der Waals surface area contributed by atoms with Crippen LogP contribution in [0.1, 0.15) is 11.1 Å². The number of likely N-dealkylation sites (N-methyl/N-ethyl adjacent to an activating group) is 1. The Balaban J connectivity index is 1.82. The Hall–Kier alpha value is -3.14. The molecule has 0 fully saturated rings. The molecule has 0 saturated carbocycles. The van der Waals surface area contributed by atoms with Gasteiger partial charge in [-0.2, -0.15) is 0 Å². The van der Waals surface area contributed by atoms with Crippen LogP contribution in [0.5, 0.6) is 5.75 Å². The fourth-order valence-corrected chi connectivity index (χ4v) is 3.34. The quantitative estimate of drug-likeness (QED) is 0.492. The van der Waals surface area contributed by atoms with Crippen LogP contribution in [-0.2, 0) is 15.3 Å². The van der Waals surface area contributed by atoms with Gasteiger partial charge in [-0.05, 0) is 36.2 Å². The van der Waals surface area contributed by atoms with Gasteiger partial charge in [-0.1, -0.05) is 6.07 Å². The molecular formula is C19H22N4O5S. The number of pyridine rings is 1. The van der Waals surface area contributed by atoms with Crippen LogP contribution in [0, 0.1) is 17.0 Å². The first-order chi connectivity index (χ1) is 13.8. The standard InChI is InChI=1S/C19H22N4O5S/c1-13-6-7-20-17(8-13)21-18(24)10-22(2)19(25)12-29-11-14-4-5-16(28-3)15(9-14)23(26)27/h4-9H,10-12H2,1-3H3,(H,20,21,24). The first kappa shape index (κ1) is 22.2. The van der Waals surface area contributed by atoms with Crippen molar-refractivity contribution in [1.29, 1.82) is 0 Å². The number of methoxy groups -OCH3 is 1. The van der Waals surface area contributed by atoms with E-state index in [-0.39, 0.29) is 35.5 Å². The number of carbonyl (C=O) groups is 2. The third kappa shape index (κ3) is 6.75. The number of benzene rings is 1. The van der Waals surface area contributed by atoms with Gasteiger partial charge in [-0.3, -0.25) is 19.7 Å². The van der Waals surface area contributed by atoms with Crippen LogP contribution in [0.15, 0.2) is 36.5 Å². The molecule has 0 aliphatic heterocycles. The number of nitrogens with zero attached hydrogens (tertiary/aromatic N) is 3. The molecular weight excluding hydrogens is 396 g/mol. The molecule has 0 aliphatic rings. The molecule has 2 amide bonds. The highest BCUT2D eigenvalue weighted by Gasteiger charge is 2.16. The summed E-state index contributed by atoms with van der Waals surface area (Å²) in [5.41, 5.74) is 1.56. The highest BCUT2D eigenvalue weighted by atomic mass is 32.2. The van der Waals surface area contributed by atoms with Gasteiger partial charge in [0.25, 0.3) is 0 Å². The van der Waals surface area contributed by atoms with Crippen molar-refractivity contribution in [3.05, 3.63) is 57.8 Å². The molecule has 0 radical (unpaired) electrons. The van der Waals surface area contributed by atoms with Crippen LogP contribution in [0.3, 0.4) is 0 Å². The number of aromatic nitrogens is 1. The third-order valence-corrected chi connectivity index (χ3v) is 4.91. The number of aryl methyl sites for hydroxylation is 1. The van der Waals surface area contributed by atoms with Crippen molar-refractivity contribution in [3.8, 4) is 5.75 Å². The van der Waals surface area contributed by atoms with Gasteiger partial charge in [0.05, 0.1) is 24.3 Å².